The Morgan fingerprint density at radius 3 is 2.67 bits per heavy atom. The standard InChI is InChI=1S/C30H43ClN4O4Si/c1-20(2)8-7-9-21(3)12-16-35-26-11-10-23(31)18-25(26)30(29(35)37)22(4)28(40(5,6)38)27(39-30)13-15-34-19-24(14-17-36)32-33-34/h8,10-12,18-19,22,27-28,36,38H,7,9,13-17H2,1-6H3/b21-12+/t22-,27+,28-,30+/m0/s1. The second-order valence-corrected chi connectivity index (χ2v) is 16.5. The Morgan fingerprint density at radius 2 is 2.00 bits per heavy atom. The molecule has 1 aromatic carbocycles. The van der Waals surface area contributed by atoms with E-state index >= 15 is 0 Å². The smallest absolute Gasteiger partial charge is 0.264 e. The van der Waals surface area contributed by atoms with Crippen molar-refractivity contribution in [2.24, 2.45) is 5.92 Å². The van der Waals surface area contributed by atoms with Crippen molar-refractivity contribution in [2.45, 2.75) is 90.3 Å². The van der Waals surface area contributed by atoms with Crippen LogP contribution in [0, 0.1) is 5.92 Å². The molecule has 3 heterocycles. The first-order valence-corrected chi connectivity index (χ1v) is 17.6. The average molecular weight is 587 g/mol. The number of aryl methyl sites for hydroxylation is 1. The Labute approximate surface area is 243 Å². The Morgan fingerprint density at radius 1 is 1.25 bits per heavy atom. The molecular weight excluding hydrogens is 544 g/mol. The Balaban J connectivity index is 1.64. The highest BCUT2D eigenvalue weighted by atomic mass is 35.5. The van der Waals surface area contributed by atoms with Crippen molar-refractivity contribution in [3.8, 4) is 0 Å². The van der Waals surface area contributed by atoms with Gasteiger partial charge in [0, 0.05) is 54.4 Å². The Bertz CT molecular complexity index is 1280. The topological polar surface area (TPSA) is 101 Å². The average Bonchev–Trinajstić information content (AvgIpc) is 3.51. The molecule has 40 heavy (non-hydrogen) atoms. The molecular formula is C30H43ClN4O4Si. The van der Waals surface area contributed by atoms with Crippen molar-refractivity contribution in [3.05, 3.63) is 64.0 Å². The van der Waals surface area contributed by atoms with Crippen LogP contribution in [-0.4, -0.2) is 58.4 Å². The van der Waals surface area contributed by atoms with Crippen LogP contribution in [0.1, 0.15) is 58.2 Å². The maximum atomic E-state index is 14.4. The second kappa shape index (κ2) is 12.3. The van der Waals surface area contributed by atoms with E-state index in [9.17, 15) is 14.7 Å². The van der Waals surface area contributed by atoms with Gasteiger partial charge in [-0.2, -0.15) is 0 Å². The van der Waals surface area contributed by atoms with Crippen LogP contribution < -0.4 is 4.90 Å². The molecule has 8 nitrogen and oxygen atoms in total. The van der Waals surface area contributed by atoms with E-state index in [0.717, 1.165) is 29.8 Å². The van der Waals surface area contributed by atoms with Crippen LogP contribution >= 0.6 is 11.6 Å². The van der Waals surface area contributed by atoms with E-state index in [1.807, 2.05) is 49.3 Å². The minimum atomic E-state index is -2.76. The van der Waals surface area contributed by atoms with Gasteiger partial charge in [0.15, 0.2) is 13.9 Å². The predicted molar refractivity (Wildman–Crippen MR) is 161 cm³/mol. The predicted octanol–water partition coefficient (Wildman–Crippen LogP) is 5.39. The zero-order valence-corrected chi connectivity index (χ0v) is 26.3. The molecule has 1 fully saturated rings. The lowest BCUT2D eigenvalue weighted by molar-refractivity contribution is -0.145. The van der Waals surface area contributed by atoms with E-state index in [1.54, 1.807) is 4.68 Å². The van der Waals surface area contributed by atoms with Crippen molar-refractivity contribution < 1.29 is 19.4 Å². The summed E-state index contributed by atoms with van der Waals surface area (Å²) in [5, 5.41) is 18.1. The van der Waals surface area contributed by atoms with Gasteiger partial charge in [-0.05, 0) is 71.3 Å². The molecule has 0 unspecified atom stereocenters. The first kappa shape index (κ1) is 30.7. The number of halogens is 1. The molecule has 10 heteroatoms. The van der Waals surface area contributed by atoms with Crippen LogP contribution in [0.4, 0.5) is 5.69 Å². The van der Waals surface area contributed by atoms with Crippen LogP contribution in [0.15, 0.2) is 47.7 Å². The molecule has 0 aliphatic carbocycles. The van der Waals surface area contributed by atoms with Gasteiger partial charge in [0.1, 0.15) is 0 Å². The number of hydrogen-bond donors (Lipinski definition) is 2. The van der Waals surface area contributed by atoms with Crippen LogP contribution in [-0.2, 0) is 28.1 Å². The molecule has 1 aromatic heterocycles. The summed E-state index contributed by atoms with van der Waals surface area (Å²) in [4.78, 5) is 27.7. The van der Waals surface area contributed by atoms with Gasteiger partial charge in [0.05, 0.1) is 17.5 Å². The van der Waals surface area contributed by atoms with Crippen LogP contribution in [0.2, 0.25) is 23.7 Å². The van der Waals surface area contributed by atoms with Crippen LogP contribution in [0.3, 0.4) is 0 Å². The molecule has 1 spiro atoms. The number of aliphatic hydroxyl groups excluding tert-OH is 1. The van der Waals surface area contributed by atoms with E-state index in [4.69, 9.17) is 16.3 Å². The monoisotopic (exact) mass is 586 g/mol. The third-order valence-corrected chi connectivity index (χ3v) is 11.0. The molecule has 0 bridgehead atoms. The highest BCUT2D eigenvalue weighted by Gasteiger charge is 2.66. The Kier molecular flexibility index (Phi) is 9.41. The molecule has 2 aromatic rings. The zero-order chi connectivity index (χ0) is 29.2. The number of carbonyl (C=O) groups is 1. The van der Waals surface area contributed by atoms with Gasteiger partial charge in [0.25, 0.3) is 5.91 Å². The second-order valence-electron chi connectivity index (χ2n) is 12.0. The van der Waals surface area contributed by atoms with Crippen molar-refractivity contribution in [2.75, 3.05) is 18.1 Å². The molecule has 218 valence electrons. The number of amides is 1. The number of fused-ring (bicyclic) bond motifs is 2. The SMILES string of the molecule is CC(C)=CCC/C(C)=C/CN1C(=O)[C@]2(O[C@H](CCn3cc(CCO)nn3)[C@@H]([Si](C)(C)O)[C@@H]2C)c2cc(Cl)ccc21. The van der Waals surface area contributed by atoms with Crippen molar-refractivity contribution in [1.82, 2.24) is 15.0 Å². The van der Waals surface area contributed by atoms with Gasteiger partial charge in [-0.3, -0.25) is 9.48 Å². The quantitative estimate of drug-likeness (QED) is 0.270. The molecule has 0 radical (unpaired) electrons. The largest absolute Gasteiger partial charge is 0.432 e. The van der Waals surface area contributed by atoms with E-state index in [2.05, 4.69) is 43.2 Å². The minimum Gasteiger partial charge on any atom is -0.432 e. The lowest BCUT2D eigenvalue weighted by atomic mass is 9.82. The molecule has 1 saturated heterocycles. The fourth-order valence-electron chi connectivity index (χ4n) is 6.37. The molecule has 4 rings (SSSR count). The summed E-state index contributed by atoms with van der Waals surface area (Å²) in [7, 11) is -2.76. The highest BCUT2D eigenvalue weighted by molar-refractivity contribution is 6.71. The summed E-state index contributed by atoms with van der Waals surface area (Å²) in [5.74, 6) is -0.343. The molecule has 0 saturated carbocycles. The lowest BCUT2D eigenvalue weighted by Gasteiger charge is -2.32. The summed E-state index contributed by atoms with van der Waals surface area (Å²) in [6, 6.07) is 5.59. The van der Waals surface area contributed by atoms with Crippen LogP contribution in [0.25, 0.3) is 0 Å². The molecule has 2 aliphatic rings. The van der Waals surface area contributed by atoms with Crippen molar-refractivity contribution in [1.29, 1.82) is 0 Å². The number of rotatable bonds is 11. The number of hydrogen-bond acceptors (Lipinski definition) is 6. The maximum Gasteiger partial charge on any atom is 0.264 e. The highest BCUT2D eigenvalue weighted by Crippen LogP contribution is 2.59. The first-order chi connectivity index (χ1) is 18.9. The Hall–Kier alpha value is -2.30. The van der Waals surface area contributed by atoms with E-state index in [-0.39, 0.29) is 30.1 Å². The molecule has 2 aliphatic heterocycles. The molecule has 4 atom stereocenters. The van der Waals surface area contributed by atoms with Crippen molar-refractivity contribution in [3.63, 3.8) is 0 Å². The van der Waals surface area contributed by atoms with Gasteiger partial charge in [-0.25, -0.2) is 0 Å². The minimum absolute atomic E-state index is 0.0155. The fraction of sp³-hybridized carbons (Fsp3) is 0.567. The van der Waals surface area contributed by atoms with Gasteiger partial charge in [-0.15, -0.1) is 5.10 Å². The summed E-state index contributed by atoms with van der Waals surface area (Å²) >= 11 is 6.49. The van der Waals surface area contributed by atoms with Crippen molar-refractivity contribution >= 4 is 31.5 Å². The van der Waals surface area contributed by atoms with E-state index < -0.39 is 13.9 Å². The van der Waals surface area contributed by atoms with E-state index in [1.165, 1.54) is 11.1 Å². The van der Waals surface area contributed by atoms with Gasteiger partial charge in [0.2, 0.25) is 0 Å². The van der Waals surface area contributed by atoms with E-state index in [0.29, 0.717) is 31.0 Å². The fourth-order valence-corrected chi connectivity index (χ4v) is 9.15. The van der Waals surface area contributed by atoms with Gasteiger partial charge >= 0.3 is 0 Å². The first-order valence-electron chi connectivity index (χ1n) is 14.2. The van der Waals surface area contributed by atoms with Crippen LogP contribution in [0.5, 0.6) is 0 Å². The number of benzene rings is 1. The summed E-state index contributed by atoms with van der Waals surface area (Å²) < 4.78 is 8.59. The number of nitrogens with zero attached hydrogens (tertiary/aromatic N) is 4. The maximum absolute atomic E-state index is 14.4. The lowest BCUT2D eigenvalue weighted by Crippen LogP contribution is -2.46. The summed E-state index contributed by atoms with van der Waals surface area (Å²) in [6.07, 6.45) is 8.77. The summed E-state index contributed by atoms with van der Waals surface area (Å²) in [6.45, 7) is 13.2. The number of anilines is 1. The van der Waals surface area contributed by atoms with Gasteiger partial charge in [-0.1, -0.05) is 47.0 Å². The third-order valence-electron chi connectivity index (χ3n) is 8.26. The normalized spacial score (nSPS) is 24.7. The van der Waals surface area contributed by atoms with Gasteiger partial charge < -0.3 is 19.5 Å². The number of ether oxygens (including phenoxy) is 1. The number of allylic oxidation sites excluding steroid dienone is 3. The number of carbonyl (C=O) groups excluding carboxylic acids is 1. The molecule has 1 amide bonds. The zero-order valence-electron chi connectivity index (χ0n) is 24.5. The number of aliphatic hydroxyl groups is 1. The number of aromatic nitrogens is 3. The third kappa shape index (κ3) is 6.13. The molecule has 2 N–H and O–H groups in total. The summed E-state index contributed by atoms with van der Waals surface area (Å²) in [5.41, 5.74) is 3.47.